The van der Waals surface area contributed by atoms with E-state index in [2.05, 4.69) is 43.0 Å². The second-order valence-electron chi connectivity index (χ2n) is 8.07. The van der Waals surface area contributed by atoms with Crippen LogP contribution in [-0.4, -0.2) is 0 Å². The number of hydrogen-bond donors (Lipinski definition) is 0. The third-order valence-corrected chi connectivity index (χ3v) is 6.27. The molecule has 0 heterocycles. The molecule has 0 aromatic heterocycles. The third-order valence-electron chi connectivity index (χ3n) is 5.97. The lowest BCUT2D eigenvalue weighted by Crippen LogP contribution is -2.13. The molecule has 0 aliphatic heterocycles. The van der Waals surface area contributed by atoms with Crippen molar-refractivity contribution in [1.82, 2.24) is 0 Å². The van der Waals surface area contributed by atoms with E-state index in [1.807, 2.05) is 0 Å². The van der Waals surface area contributed by atoms with E-state index in [9.17, 15) is 4.39 Å². The van der Waals surface area contributed by atoms with Crippen molar-refractivity contribution in [2.45, 2.75) is 70.6 Å². The van der Waals surface area contributed by atoms with Crippen molar-refractivity contribution in [3.05, 3.63) is 70.0 Å². The van der Waals surface area contributed by atoms with E-state index in [0.29, 0.717) is 11.5 Å². The summed E-state index contributed by atoms with van der Waals surface area (Å²) in [5.74, 6) is 7.34. The first-order chi connectivity index (χ1) is 13.7. The van der Waals surface area contributed by atoms with Crippen molar-refractivity contribution < 1.29 is 4.39 Å². The van der Waals surface area contributed by atoms with Gasteiger partial charge in [0.25, 0.3) is 0 Å². The van der Waals surface area contributed by atoms with E-state index in [-0.39, 0.29) is 5.02 Å². The summed E-state index contributed by atoms with van der Waals surface area (Å²) in [6.45, 7) is 2.28. The Morgan fingerprint density at radius 2 is 1.57 bits per heavy atom. The maximum atomic E-state index is 13.5. The summed E-state index contributed by atoms with van der Waals surface area (Å²) in [7, 11) is 0. The van der Waals surface area contributed by atoms with Gasteiger partial charge < -0.3 is 0 Å². The van der Waals surface area contributed by atoms with Crippen LogP contribution >= 0.6 is 11.6 Å². The summed E-state index contributed by atoms with van der Waals surface area (Å²) in [5, 5.41) is 0.130. The number of halogens is 2. The molecule has 28 heavy (non-hydrogen) atoms. The second-order valence-corrected chi connectivity index (χ2v) is 8.48. The van der Waals surface area contributed by atoms with E-state index >= 15 is 0 Å². The third kappa shape index (κ3) is 6.11. The zero-order chi connectivity index (χ0) is 19.8. The number of benzene rings is 2. The number of unbranched alkanes of at least 4 members (excludes halogenated alkanes) is 3. The summed E-state index contributed by atoms with van der Waals surface area (Å²) in [4.78, 5) is 0. The van der Waals surface area contributed by atoms with Crippen LogP contribution < -0.4 is 0 Å². The van der Waals surface area contributed by atoms with Gasteiger partial charge in [-0.1, -0.05) is 74.6 Å². The second kappa shape index (κ2) is 10.7. The van der Waals surface area contributed by atoms with Gasteiger partial charge in [-0.3, -0.25) is 0 Å². The molecule has 2 heteroatoms. The predicted octanol–water partition coefficient (Wildman–Crippen LogP) is 8.12. The van der Waals surface area contributed by atoms with E-state index in [1.165, 1.54) is 69.4 Å². The minimum Gasteiger partial charge on any atom is -0.205 e. The molecule has 0 amide bonds. The highest BCUT2D eigenvalue weighted by atomic mass is 35.5. The highest BCUT2D eigenvalue weighted by molar-refractivity contribution is 6.30. The van der Waals surface area contributed by atoms with Crippen LogP contribution in [0.25, 0.3) is 0 Å². The molecule has 3 rings (SSSR count). The highest BCUT2D eigenvalue weighted by Crippen LogP contribution is 2.37. The van der Waals surface area contributed by atoms with E-state index < -0.39 is 5.82 Å². The Balaban J connectivity index is 1.51. The summed E-state index contributed by atoms with van der Waals surface area (Å²) < 4.78 is 13.5. The summed E-state index contributed by atoms with van der Waals surface area (Å²) in [5.41, 5.74) is 3.04. The Bertz CT molecular complexity index is 805. The van der Waals surface area contributed by atoms with Gasteiger partial charge in [-0.05, 0) is 73.4 Å². The van der Waals surface area contributed by atoms with Crippen molar-refractivity contribution in [2.75, 3.05) is 0 Å². The molecule has 1 fully saturated rings. The molecule has 0 spiro atoms. The smallest absolute Gasteiger partial charge is 0.143 e. The number of rotatable bonds is 6. The molecule has 0 radical (unpaired) electrons. The van der Waals surface area contributed by atoms with Gasteiger partial charge in [0.2, 0.25) is 0 Å². The van der Waals surface area contributed by atoms with Crippen molar-refractivity contribution in [3.8, 4) is 11.8 Å². The molecule has 0 saturated heterocycles. The zero-order valence-electron chi connectivity index (χ0n) is 16.8. The summed E-state index contributed by atoms with van der Waals surface area (Å²) >= 11 is 5.71. The van der Waals surface area contributed by atoms with Crippen LogP contribution in [-0.2, 0) is 0 Å². The van der Waals surface area contributed by atoms with Crippen LogP contribution in [0, 0.1) is 23.6 Å². The Morgan fingerprint density at radius 1 is 0.893 bits per heavy atom. The average molecular weight is 397 g/mol. The highest BCUT2D eigenvalue weighted by Gasteiger charge is 2.21. The molecule has 2 aromatic carbocycles. The van der Waals surface area contributed by atoms with E-state index in [0.717, 1.165) is 11.5 Å². The van der Waals surface area contributed by atoms with Gasteiger partial charge in [0.05, 0.1) is 5.02 Å². The van der Waals surface area contributed by atoms with Crippen LogP contribution in [0.1, 0.15) is 87.3 Å². The van der Waals surface area contributed by atoms with Gasteiger partial charge in [0.1, 0.15) is 5.82 Å². The Hall–Kier alpha value is -1.78. The molecule has 0 atom stereocenters. The standard InChI is InChI=1S/C26H30ClF/c1-2-3-4-5-6-20-9-14-23(15-10-20)24-16-11-21(12-17-24)7-8-22-13-18-25(27)26(28)19-22/h11-13,16-20,23H,2-6,9-10,14-15H2,1H3. The minimum absolute atomic E-state index is 0.130. The summed E-state index contributed by atoms with van der Waals surface area (Å²) in [6, 6.07) is 13.3. The SMILES string of the molecule is CCCCCCC1CCC(c2ccc(C#Cc3ccc(Cl)c(F)c3)cc2)CC1. The van der Waals surface area contributed by atoms with E-state index in [1.54, 1.807) is 12.1 Å². The van der Waals surface area contributed by atoms with E-state index in [4.69, 9.17) is 11.6 Å². The topological polar surface area (TPSA) is 0 Å². The lowest BCUT2D eigenvalue weighted by molar-refractivity contribution is 0.302. The van der Waals surface area contributed by atoms with Crippen molar-refractivity contribution >= 4 is 11.6 Å². The van der Waals surface area contributed by atoms with Crippen molar-refractivity contribution in [3.63, 3.8) is 0 Å². The normalized spacial score (nSPS) is 19.1. The van der Waals surface area contributed by atoms with Crippen LogP contribution in [0.4, 0.5) is 4.39 Å². The summed E-state index contributed by atoms with van der Waals surface area (Å²) in [6.07, 6.45) is 12.3. The first-order valence-corrected chi connectivity index (χ1v) is 11.1. The molecule has 0 bridgehead atoms. The monoisotopic (exact) mass is 396 g/mol. The Labute approximate surface area is 174 Å². The lowest BCUT2D eigenvalue weighted by atomic mass is 9.77. The molecular weight excluding hydrogens is 367 g/mol. The van der Waals surface area contributed by atoms with Gasteiger partial charge in [-0.15, -0.1) is 0 Å². The van der Waals surface area contributed by atoms with Gasteiger partial charge in [0, 0.05) is 11.1 Å². The molecule has 1 aliphatic rings. The van der Waals surface area contributed by atoms with Crippen LogP contribution in [0.3, 0.4) is 0 Å². The maximum Gasteiger partial charge on any atom is 0.143 e. The van der Waals surface area contributed by atoms with Gasteiger partial charge in [-0.25, -0.2) is 4.39 Å². The fourth-order valence-corrected chi connectivity index (χ4v) is 4.32. The zero-order valence-corrected chi connectivity index (χ0v) is 17.6. The molecule has 148 valence electrons. The molecule has 2 aromatic rings. The van der Waals surface area contributed by atoms with Crippen LogP contribution in [0.15, 0.2) is 42.5 Å². The van der Waals surface area contributed by atoms with Gasteiger partial charge >= 0.3 is 0 Å². The minimum atomic E-state index is -0.426. The van der Waals surface area contributed by atoms with Crippen LogP contribution in [0.5, 0.6) is 0 Å². The lowest BCUT2D eigenvalue weighted by Gasteiger charge is -2.29. The van der Waals surface area contributed by atoms with Crippen molar-refractivity contribution in [2.24, 2.45) is 5.92 Å². The average Bonchev–Trinajstić information content (AvgIpc) is 2.73. The van der Waals surface area contributed by atoms with Crippen LogP contribution in [0.2, 0.25) is 5.02 Å². The first-order valence-electron chi connectivity index (χ1n) is 10.7. The van der Waals surface area contributed by atoms with Gasteiger partial charge in [-0.2, -0.15) is 0 Å². The van der Waals surface area contributed by atoms with Gasteiger partial charge in [0.15, 0.2) is 0 Å². The Kier molecular flexibility index (Phi) is 7.99. The molecule has 0 unspecified atom stereocenters. The first kappa shape index (κ1) is 20.9. The number of hydrogen-bond acceptors (Lipinski definition) is 0. The fraction of sp³-hybridized carbons (Fsp3) is 0.462. The molecule has 0 N–H and O–H groups in total. The molecule has 0 nitrogen and oxygen atoms in total. The maximum absolute atomic E-state index is 13.5. The fourth-order valence-electron chi connectivity index (χ4n) is 4.20. The molecule has 1 saturated carbocycles. The predicted molar refractivity (Wildman–Crippen MR) is 117 cm³/mol. The molecular formula is C26H30ClF. The molecule has 1 aliphatic carbocycles. The quantitative estimate of drug-likeness (QED) is 0.341. The van der Waals surface area contributed by atoms with Crippen molar-refractivity contribution in [1.29, 1.82) is 0 Å². The largest absolute Gasteiger partial charge is 0.205 e. The Morgan fingerprint density at radius 3 is 2.25 bits per heavy atom.